The molecule has 0 bridgehead atoms. The first-order chi connectivity index (χ1) is 7.65. The highest BCUT2D eigenvalue weighted by Crippen LogP contribution is 2.23. The summed E-state index contributed by atoms with van der Waals surface area (Å²) in [6, 6.07) is 12.5. The number of anilines is 1. The van der Waals surface area contributed by atoms with E-state index in [-0.39, 0.29) is 5.82 Å². The smallest absolute Gasteiger partial charge is 0.128 e. The summed E-state index contributed by atoms with van der Waals surface area (Å²) >= 11 is 0. The molecule has 0 amide bonds. The summed E-state index contributed by atoms with van der Waals surface area (Å²) in [4.78, 5) is 0. The van der Waals surface area contributed by atoms with E-state index < -0.39 is 0 Å². The van der Waals surface area contributed by atoms with E-state index in [0.29, 0.717) is 22.7 Å². The topological polar surface area (TPSA) is 35.2 Å². The minimum atomic E-state index is -0.240. The van der Waals surface area contributed by atoms with Gasteiger partial charge < -0.3 is 10.5 Å². The van der Waals surface area contributed by atoms with E-state index in [4.69, 9.17) is 10.5 Å². The first kappa shape index (κ1) is 10.5. The highest BCUT2D eigenvalue weighted by Gasteiger charge is 2.01. The standard InChI is InChI=1S/C13H11FNO/c1-9-8-12(6-7-13(9)14)16-11-4-2-10(15)3-5-11/h2,4-8H,15H2,1H3. The Morgan fingerprint density at radius 2 is 1.94 bits per heavy atom. The number of rotatable bonds is 2. The fourth-order valence-electron chi connectivity index (χ4n) is 1.30. The molecule has 0 saturated carbocycles. The van der Waals surface area contributed by atoms with E-state index in [1.165, 1.54) is 6.07 Å². The van der Waals surface area contributed by atoms with Crippen LogP contribution in [0.2, 0.25) is 0 Å². The van der Waals surface area contributed by atoms with Crippen LogP contribution in [-0.4, -0.2) is 0 Å². The van der Waals surface area contributed by atoms with Gasteiger partial charge in [0.25, 0.3) is 0 Å². The van der Waals surface area contributed by atoms with Crippen molar-refractivity contribution in [1.82, 2.24) is 0 Å². The molecule has 0 aliphatic heterocycles. The van der Waals surface area contributed by atoms with Gasteiger partial charge in [-0.3, -0.25) is 0 Å². The van der Waals surface area contributed by atoms with Gasteiger partial charge in [-0.25, -0.2) is 4.39 Å². The molecule has 3 heteroatoms. The molecule has 0 fully saturated rings. The molecule has 0 aromatic heterocycles. The molecule has 0 unspecified atom stereocenters. The molecule has 2 rings (SSSR count). The Balaban J connectivity index is 2.20. The molecule has 2 N–H and O–H groups in total. The van der Waals surface area contributed by atoms with Crippen molar-refractivity contribution in [3.63, 3.8) is 0 Å². The van der Waals surface area contributed by atoms with Gasteiger partial charge in [0.2, 0.25) is 0 Å². The van der Waals surface area contributed by atoms with Crippen LogP contribution in [0.4, 0.5) is 10.1 Å². The monoisotopic (exact) mass is 216 g/mol. The van der Waals surface area contributed by atoms with Crippen molar-refractivity contribution < 1.29 is 9.13 Å². The maximum atomic E-state index is 13.0. The second-order valence-corrected chi connectivity index (χ2v) is 3.49. The average molecular weight is 216 g/mol. The number of nitrogen functional groups attached to an aromatic ring is 1. The van der Waals surface area contributed by atoms with Crippen LogP contribution in [0.1, 0.15) is 5.56 Å². The maximum absolute atomic E-state index is 13.0. The third kappa shape index (κ3) is 2.31. The van der Waals surface area contributed by atoms with E-state index >= 15 is 0 Å². The van der Waals surface area contributed by atoms with Crippen LogP contribution in [-0.2, 0) is 0 Å². The molecule has 0 aliphatic carbocycles. The number of hydrogen-bond donors (Lipinski definition) is 1. The Morgan fingerprint density at radius 3 is 2.56 bits per heavy atom. The van der Waals surface area contributed by atoms with Crippen molar-refractivity contribution in [2.75, 3.05) is 5.73 Å². The predicted octanol–water partition coefficient (Wildman–Crippen LogP) is 3.31. The number of hydrogen-bond acceptors (Lipinski definition) is 2. The van der Waals surface area contributed by atoms with Crippen LogP contribution in [0.3, 0.4) is 0 Å². The van der Waals surface area contributed by atoms with E-state index in [0.717, 1.165) is 0 Å². The zero-order valence-electron chi connectivity index (χ0n) is 8.83. The van der Waals surface area contributed by atoms with Gasteiger partial charge in [0.1, 0.15) is 17.3 Å². The molecular weight excluding hydrogens is 205 g/mol. The van der Waals surface area contributed by atoms with Crippen molar-refractivity contribution in [3.05, 3.63) is 53.8 Å². The second-order valence-electron chi connectivity index (χ2n) is 3.49. The van der Waals surface area contributed by atoms with Crippen LogP contribution in [0.15, 0.2) is 36.4 Å². The molecule has 81 valence electrons. The van der Waals surface area contributed by atoms with E-state index in [1.807, 2.05) is 0 Å². The SMILES string of the molecule is Cc1cc(Oc2c[c]c(N)cc2)ccc1F. The Hall–Kier alpha value is -2.03. The number of ether oxygens (including phenoxy) is 1. The van der Waals surface area contributed by atoms with Crippen LogP contribution in [0.25, 0.3) is 0 Å². The Kier molecular flexibility index (Phi) is 2.77. The molecule has 2 aromatic rings. The van der Waals surface area contributed by atoms with Crippen molar-refractivity contribution in [2.45, 2.75) is 6.92 Å². The summed E-state index contributed by atoms with van der Waals surface area (Å²) in [6.07, 6.45) is 0. The number of nitrogens with two attached hydrogens (primary N) is 1. The third-order valence-corrected chi connectivity index (χ3v) is 2.17. The van der Waals surface area contributed by atoms with Gasteiger partial charge in [-0.05, 0) is 48.9 Å². The molecule has 1 radical (unpaired) electrons. The fourth-order valence-corrected chi connectivity index (χ4v) is 1.30. The molecule has 2 aromatic carbocycles. The lowest BCUT2D eigenvalue weighted by atomic mass is 10.2. The first-order valence-corrected chi connectivity index (χ1v) is 4.86. The van der Waals surface area contributed by atoms with Gasteiger partial charge in [0.15, 0.2) is 0 Å². The lowest BCUT2D eigenvalue weighted by molar-refractivity contribution is 0.479. The normalized spacial score (nSPS) is 10.1. The molecule has 2 nitrogen and oxygen atoms in total. The lowest BCUT2D eigenvalue weighted by Gasteiger charge is -2.06. The summed E-state index contributed by atoms with van der Waals surface area (Å²) in [5.41, 5.74) is 6.61. The van der Waals surface area contributed by atoms with Crippen molar-refractivity contribution in [3.8, 4) is 11.5 Å². The summed E-state index contributed by atoms with van der Waals surface area (Å²) in [5, 5.41) is 0. The summed E-state index contributed by atoms with van der Waals surface area (Å²) in [6.45, 7) is 1.69. The van der Waals surface area contributed by atoms with Crippen LogP contribution >= 0.6 is 0 Å². The van der Waals surface area contributed by atoms with Gasteiger partial charge >= 0.3 is 0 Å². The summed E-state index contributed by atoms with van der Waals surface area (Å²) in [7, 11) is 0. The minimum absolute atomic E-state index is 0.240. The second kappa shape index (κ2) is 4.23. The Morgan fingerprint density at radius 1 is 1.19 bits per heavy atom. The zero-order valence-corrected chi connectivity index (χ0v) is 8.83. The number of benzene rings is 2. The molecule has 16 heavy (non-hydrogen) atoms. The van der Waals surface area contributed by atoms with Gasteiger partial charge in [-0.2, -0.15) is 0 Å². The first-order valence-electron chi connectivity index (χ1n) is 4.86. The van der Waals surface area contributed by atoms with Crippen LogP contribution < -0.4 is 10.5 Å². The zero-order chi connectivity index (χ0) is 11.5. The van der Waals surface area contributed by atoms with Gasteiger partial charge in [0.05, 0.1) is 0 Å². The molecular formula is C13H11FNO. The summed E-state index contributed by atoms with van der Waals surface area (Å²) < 4.78 is 18.5. The molecule has 0 spiro atoms. The van der Waals surface area contributed by atoms with E-state index in [9.17, 15) is 4.39 Å². The van der Waals surface area contributed by atoms with E-state index in [2.05, 4.69) is 6.07 Å². The molecule has 0 aliphatic rings. The summed E-state index contributed by atoms with van der Waals surface area (Å²) in [5.74, 6) is 0.980. The Bertz CT molecular complexity index is 494. The molecule has 0 saturated heterocycles. The van der Waals surface area contributed by atoms with Crippen LogP contribution in [0, 0.1) is 18.8 Å². The molecule has 0 atom stereocenters. The van der Waals surface area contributed by atoms with Crippen LogP contribution in [0.5, 0.6) is 11.5 Å². The number of halogens is 1. The van der Waals surface area contributed by atoms with Gasteiger partial charge in [-0.15, -0.1) is 0 Å². The fraction of sp³-hybridized carbons (Fsp3) is 0.0769. The third-order valence-electron chi connectivity index (χ3n) is 2.17. The lowest BCUT2D eigenvalue weighted by Crippen LogP contribution is -1.88. The quantitative estimate of drug-likeness (QED) is 0.781. The highest BCUT2D eigenvalue weighted by atomic mass is 19.1. The van der Waals surface area contributed by atoms with E-state index in [1.54, 1.807) is 37.3 Å². The minimum Gasteiger partial charge on any atom is -0.457 e. The van der Waals surface area contributed by atoms with Crippen molar-refractivity contribution in [2.24, 2.45) is 0 Å². The van der Waals surface area contributed by atoms with Crippen molar-refractivity contribution in [1.29, 1.82) is 0 Å². The number of aryl methyl sites for hydroxylation is 1. The average Bonchev–Trinajstić information content (AvgIpc) is 2.27. The highest BCUT2D eigenvalue weighted by molar-refractivity contribution is 5.42. The largest absolute Gasteiger partial charge is 0.457 e. The van der Waals surface area contributed by atoms with Gasteiger partial charge in [-0.1, -0.05) is 0 Å². The van der Waals surface area contributed by atoms with Crippen molar-refractivity contribution >= 4 is 5.69 Å². The van der Waals surface area contributed by atoms with Gasteiger partial charge in [0, 0.05) is 11.8 Å². The molecule has 0 heterocycles. The predicted molar refractivity (Wildman–Crippen MR) is 60.9 cm³/mol. The Labute approximate surface area is 93.5 Å². The maximum Gasteiger partial charge on any atom is 0.128 e.